The Morgan fingerprint density at radius 3 is 2.86 bits per heavy atom. The van der Waals surface area contributed by atoms with Gasteiger partial charge in [-0.15, -0.1) is 23.5 Å². The van der Waals surface area contributed by atoms with Crippen LogP contribution < -0.4 is 10.6 Å². The SMILES string of the molecule is O=C(NCc1ccnc(-n2cccn2)c1)Nc1cccc(C2SCCCS2)c1. The van der Waals surface area contributed by atoms with E-state index in [4.69, 9.17) is 0 Å². The minimum atomic E-state index is -0.224. The van der Waals surface area contributed by atoms with Gasteiger partial charge in [-0.3, -0.25) is 0 Å². The molecule has 2 amide bonds. The smallest absolute Gasteiger partial charge is 0.319 e. The summed E-state index contributed by atoms with van der Waals surface area (Å²) in [6.07, 6.45) is 6.53. The highest BCUT2D eigenvalue weighted by Crippen LogP contribution is 2.43. The molecule has 1 saturated heterocycles. The summed E-state index contributed by atoms with van der Waals surface area (Å²) < 4.78 is 2.15. The van der Waals surface area contributed by atoms with Gasteiger partial charge in [-0.05, 0) is 59.4 Å². The predicted molar refractivity (Wildman–Crippen MR) is 116 cm³/mol. The number of anilines is 1. The number of amides is 2. The summed E-state index contributed by atoms with van der Waals surface area (Å²) in [6, 6.07) is 13.5. The van der Waals surface area contributed by atoms with Crippen molar-refractivity contribution >= 4 is 35.2 Å². The Bertz CT molecular complexity index is 926. The summed E-state index contributed by atoms with van der Waals surface area (Å²) in [7, 11) is 0. The molecule has 6 nitrogen and oxygen atoms in total. The van der Waals surface area contributed by atoms with Crippen LogP contribution in [0.5, 0.6) is 0 Å². The molecule has 0 bridgehead atoms. The number of hydrogen-bond donors (Lipinski definition) is 2. The lowest BCUT2D eigenvalue weighted by atomic mass is 10.2. The first-order valence-electron chi connectivity index (χ1n) is 9.11. The molecule has 3 heterocycles. The van der Waals surface area contributed by atoms with Crippen LogP contribution >= 0.6 is 23.5 Å². The van der Waals surface area contributed by atoms with E-state index in [1.807, 2.05) is 60.1 Å². The van der Waals surface area contributed by atoms with Gasteiger partial charge < -0.3 is 10.6 Å². The zero-order valence-corrected chi connectivity index (χ0v) is 16.9. The number of pyridine rings is 1. The third kappa shape index (κ3) is 4.88. The van der Waals surface area contributed by atoms with Crippen LogP contribution in [-0.4, -0.2) is 32.3 Å². The van der Waals surface area contributed by atoms with E-state index < -0.39 is 0 Å². The topological polar surface area (TPSA) is 71.8 Å². The molecule has 1 aliphatic heterocycles. The molecule has 8 heteroatoms. The van der Waals surface area contributed by atoms with Crippen molar-refractivity contribution in [3.05, 3.63) is 72.2 Å². The van der Waals surface area contributed by atoms with Gasteiger partial charge in [0.05, 0.1) is 4.58 Å². The van der Waals surface area contributed by atoms with E-state index in [0.717, 1.165) is 17.1 Å². The summed E-state index contributed by atoms with van der Waals surface area (Å²) in [5.41, 5.74) is 3.03. The van der Waals surface area contributed by atoms with Gasteiger partial charge in [0.2, 0.25) is 0 Å². The van der Waals surface area contributed by atoms with Crippen molar-refractivity contribution in [3.8, 4) is 5.82 Å². The van der Waals surface area contributed by atoms with Crippen LogP contribution in [0.4, 0.5) is 10.5 Å². The normalized spacial score (nSPS) is 14.6. The van der Waals surface area contributed by atoms with Crippen molar-refractivity contribution in [1.82, 2.24) is 20.1 Å². The van der Waals surface area contributed by atoms with E-state index in [1.165, 1.54) is 23.5 Å². The number of aromatic nitrogens is 3. The summed E-state index contributed by atoms with van der Waals surface area (Å²) in [4.78, 5) is 16.6. The molecule has 1 aromatic carbocycles. The monoisotopic (exact) mass is 411 g/mol. The maximum absolute atomic E-state index is 12.3. The fourth-order valence-corrected chi connectivity index (χ4v) is 5.77. The molecule has 0 unspecified atom stereocenters. The third-order valence-electron chi connectivity index (χ3n) is 4.25. The second-order valence-electron chi connectivity index (χ2n) is 6.33. The molecule has 144 valence electrons. The molecule has 2 N–H and O–H groups in total. The predicted octanol–water partition coefficient (Wildman–Crippen LogP) is 4.46. The molecule has 0 spiro atoms. The number of nitrogens with zero attached hydrogens (tertiary/aromatic N) is 3. The quantitative estimate of drug-likeness (QED) is 0.649. The second-order valence-corrected chi connectivity index (χ2v) is 9.06. The Morgan fingerprint density at radius 1 is 1.14 bits per heavy atom. The van der Waals surface area contributed by atoms with E-state index in [0.29, 0.717) is 11.1 Å². The highest BCUT2D eigenvalue weighted by molar-refractivity contribution is 8.16. The molecule has 4 rings (SSSR count). The van der Waals surface area contributed by atoms with Crippen molar-refractivity contribution in [2.45, 2.75) is 17.5 Å². The number of rotatable bonds is 5. The molecular weight excluding hydrogens is 390 g/mol. The van der Waals surface area contributed by atoms with Gasteiger partial charge in [0.25, 0.3) is 0 Å². The fourth-order valence-electron chi connectivity index (χ4n) is 2.90. The maximum Gasteiger partial charge on any atom is 0.319 e. The Balaban J connectivity index is 1.34. The highest BCUT2D eigenvalue weighted by Gasteiger charge is 2.17. The third-order valence-corrected chi connectivity index (χ3v) is 7.26. The molecule has 0 saturated carbocycles. The van der Waals surface area contributed by atoms with Crippen molar-refractivity contribution < 1.29 is 4.79 Å². The van der Waals surface area contributed by atoms with Gasteiger partial charge in [0.1, 0.15) is 0 Å². The first-order chi connectivity index (χ1) is 13.8. The summed E-state index contributed by atoms with van der Waals surface area (Å²) in [5, 5.41) is 10.0. The zero-order chi connectivity index (χ0) is 19.2. The molecule has 2 aromatic heterocycles. The summed E-state index contributed by atoms with van der Waals surface area (Å²) >= 11 is 3.95. The van der Waals surface area contributed by atoms with Crippen LogP contribution in [0.2, 0.25) is 0 Å². The average molecular weight is 412 g/mol. The van der Waals surface area contributed by atoms with Crippen LogP contribution in [0.15, 0.2) is 61.1 Å². The maximum atomic E-state index is 12.3. The van der Waals surface area contributed by atoms with E-state index in [1.54, 1.807) is 17.1 Å². The van der Waals surface area contributed by atoms with Gasteiger partial charge in [0, 0.05) is 30.8 Å². The van der Waals surface area contributed by atoms with Crippen LogP contribution in [0.1, 0.15) is 22.1 Å². The van der Waals surface area contributed by atoms with Gasteiger partial charge >= 0.3 is 6.03 Å². The average Bonchev–Trinajstić information content (AvgIpc) is 3.28. The van der Waals surface area contributed by atoms with Crippen molar-refractivity contribution in [2.75, 3.05) is 16.8 Å². The lowest BCUT2D eigenvalue weighted by molar-refractivity contribution is 0.251. The molecule has 28 heavy (non-hydrogen) atoms. The minimum Gasteiger partial charge on any atom is -0.334 e. The number of benzene rings is 1. The lowest BCUT2D eigenvalue weighted by Crippen LogP contribution is -2.28. The van der Waals surface area contributed by atoms with Crippen molar-refractivity contribution in [3.63, 3.8) is 0 Å². The van der Waals surface area contributed by atoms with E-state index in [9.17, 15) is 4.79 Å². The summed E-state index contributed by atoms with van der Waals surface area (Å²) in [6.45, 7) is 0.413. The highest BCUT2D eigenvalue weighted by atomic mass is 32.2. The first kappa shape index (κ1) is 18.9. The van der Waals surface area contributed by atoms with E-state index in [-0.39, 0.29) is 6.03 Å². The van der Waals surface area contributed by atoms with Gasteiger partial charge in [-0.1, -0.05) is 12.1 Å². The Labute approximate surface area is 172 Å². The Morgan fingerprint density at radius 2 is 2.04 bits per heavy atom. The molecule has 1 aliphatic rings. The zero-order valence-electron chi connectivity index (χ0n) is 15.2. The van der Waals surface area contributed by atoms with Crippen molar-refractivity contribution in [1.29, 1.82) is 0 Å². The molecule has 0 aliphatic carbocycles. The first-order valence-corrected chi connectivity index (χ1v) is 11.2. The Kier molecular flexibility index (Phi) is 6.18. The minimum absolute atomic E-state index is 0.224. The number of thioether (sulfide) groups is 2. The lowest BCUT2D eigenvalue weighted by Gasteiger charge is -2.21. The van der Waals surface area contributed by atoms with Crippen LogP contribution in [-0.2, 0) is 6.54 Å². The van der Waals surface area contributed by atoms with Crippen LogP contribution in [0.25, 0.3) is 5.82 Å². The largest absolute Gasteiger partial charge is 0.334 e. The summed E-state index contributed by atoms with van der Waals surface area (Å²) in [5.74, 6) is 3.12. The number of hydrogen-bond acceptors (Lipinski definition) is 5. The standard InChI is InChI=1S/C20H21N5OS2/c26-20(22-14-15-6-8-21-18(12-15)25-9-2-7-23-25)24-17-5-1-4-16(13-17)19-27-10-3-11-28-19/h1-2,4-9,12-13,19H,3,10-11,14H2,(H2,22,24,26). The molecule has 0 atom stereocenters. The fraction of sp³-hybridized carbons (Fsp3) is 0.250. The number of carbonyl (C=O) groups excluding carboxylic acids is 1. The van der Waals surface area contributed by atoms with E-state index >= 15 is 0 Å². The number of nitrogens with one attached hydrogen (secondary N) is 2. The van der Waals surface area contributed by atoms with Crippen LogP contribution in [0, 0.1) is 0 Å². The second kappa shape index (κ2) is 9.16. The van der Waals surface area contributed by atoms with Crippen molar-refractivity contribution in [2.24, 2.45) is 0 Å². The van der Waals surface area contributed by atoms with Gasteiger partial charge in [0.15, 0.2) is 5.82 Å². The van der Waals surface area contributed by atoms with Crippen LogP contribution in [0.3, 0.4) is 0 Å². The number of carbonyl (C=O) groups is 1. The molecule has 1 fully saturated rings. The Hall–Kier alpha value is -2.45. The molecular formula is C20H21N5OS2. The van der Waals surface area contributed by atoms with Gasteiger partial charge in [-0.25, -0.2) is 14.5 Å². The van der Waals surface area contributed by atoms with E-state index in [2.05, 4.69) is 32.8 Å². The molecule has 0 radical (unpaired) electrons. The van der Waals surface area contributed by atoms with Gasteiger partial charge in [-0.2, -0.15) is 5.10 Å². The molecule has 3 aromatic rings. The number of urea groups is 1.